The van der Waals surface area contributed by atoms with Gasteiger partial charge in [0.25, 0.3) is 0 Å². The summed E-state index contributed by atoms with van der Waals surface area (Å²) in [6.07, 6.45) is 0. The van der Waals surface area contributed by atoms with E-state index in [4.69, 9.17) is 4.74 Å². The maximum atomic E-state index is 11.9. The first-order valence-corrected chi connectivity index (χ1v) is 6.67. The van der Waals surface area contributed by atoms with Crippen molar-refractivity contribution in [2.45, 2.75) is 20.4 Å². The maximum Gasteiger partial charge on any atom is 0.339 e. The molecule has 0 saturated heterocycles. The molecule has 0 fully saturated rings. The first-order valence-electron chi connectivity index (χ1n) is 6.67. The smallest absolute Gasteiger partial charge is 0.339 e. The highest BCUT2D eigenvalue weighted by molar-refractivity contribution is 5.93. The predicted octanol–water partition coefficient (Wildman–Crippen LogP) is 1.39. The van der Waals surface area contributed by atoms with Crippen LogP contribution in [0.1, 0.15) is 23.0 Å². The van der Waals surface area contributed by atoms with Gasteiger partial charge in [-0.05, 0) is 25.5 Å². The normalized spacial score (nSPS) is 10.4. The summed E-state index contributed by atoms with van der Waals surface area (Å²) >= 11 is 0. The fourth-order valence-corrected chi connectivity index (χ4v) is 2.24. The Kier molecular flexibility index (Phi) is 4.42. The van der Waals surface area contributed by atoms with E-state index in [1.165, 1.54) is 0 Å². The van der Waals surface area contributed by atoms with Crippen molar-refractivity contribution in [3.63, 3.8) is 0 Å². The fourth-order valence-electron chi connectivity index (χ4n) is 2.24. The van der Waals surface area contributed by atoms with Crippen LogP contribution in [0.25, 0.3) is 11.3 Å². The highest BCUT2D eigenvalue weighted by Gasteiger charge is 2.19. The SMILES string of the molecule is CCOC(=O)c1cc(-c2ccccc2)n(CC(=O)[O-])c1C. The molecule has 1 heterocycles. The van der Waals surface area contributed by atoms with Crippen LogP contribution >= 0.6 is 0 Å². The van der Waals surface area contributed by atoms with E-state index in [-0.39, 0.29) is 13.2 Å². The molecule has 0 aliphatic rings. The number of carbonyl (C=O) groups excluding carboxylic acids is 2. The number of aromatic nitrogens is 1. The average Bonchev–Trinajstić information content (AvgIpc) is 2.77. The molecular weight excluding hydrogens is 270 g/mol. The molecule has 0 radical (unpaired) electrons. The summed E-state index contributed by atoms with van der Waals surface area (Å²) in [5.74, 6) is -1.66. The van der Waals surface area contributed by atoms with Gasteiger partial charge in [0.1, 0.15) is 0 Å². The van der Waals surface area contributed by atoms with Crippen molar-refractivity contribution in [1.82, 2.24) is 4.57 Å². The quantitative estimate of drug-likeness (QED) is 0.779. The molecular formula is C16H16NO4-. The molecule has 5 heteroatoms. The standard InChI is InChI=1S/C16H17NO4/c1-3-21-16(20)13-9-14(12-7-5-4-6-8-12)17(11(13)2)10-15(18)19/h4-9H,3,10H2,1-2H3,(H,18,19)/p-1. The van der Waals surface area contributed by atoms with Gasteiger partial charge in [0.15, 0.2) is 0 Å². The van der Waals surface area contributed by atoms with Crippen LogP contribution in [-0.4, -0.2) is 23.1 Å². The zero-order valence-corrected chi connectivity index (χ0v) is 12.0. The Bertz CT molecular complexity index is 658. The van der Waals surface area contributed by atoms with Crippen molar-refractivity contribution in [2.24, 2.45) is 0 Å². The molecule has 1 aromatic heterocycles. The monoisotopic (exact) mass is 286 g/mol. The lowest BCUT2D eigenvalue weighted by Crippen LogP contribution is -2.28. The second kappa shape index (κ2) is 6.26. The Balaban J connectivity index is 2.55. The maximum absolute atomic E-state index is 11.9. The van der Waals surface area contributed by atoms with Crippen LogP contribution < -0.4 is 5.11 Å². The van der Waals surface area contributed by atoms with E-state index in [0.717, 1.165) is 5.56 Å². The van der Waals surface area contributed by atoms with E-state index in [0.29, 0.717) is 17.0 Å². The molecule has 2 aromatic rings. The molecule has 0 atom stereocenters. The highest BCUT2D eigenvalue weighted by Crippen LogP contribution is 2.26. The number of hydrogen-bond donors (Lipinski definition) is 0. The molecule has 110 valence electrons. The van der Waals surface area contributed by atoms with E-state index in [9.17, 15) is 14.7 Å². The second-order valence-electron chi connectivity index (χ2n) is 4.57. The molecule has 0 N–H and O–H groups in total. The molecule has 0 aliphatic carbocycles. The summed E-state index contributed by atoms with van der Waals surface area (Å²) in [7, 11) is 0. The minimum Gasteiger partial charge on any atom is -0.548 e. The van der Waals surface area contributed by atoms with Gasteiger partial charge >= 0.3 is 5.97 Å². The molecule has 21 heavy (non-hydrogen) atoms. The van der Waals surface area contributed by atoms with Crippen molar-refractivity contribution in [3.8, 4) is 11.3 Å². The lowest BCUT2D eigenvalue weighted by atomic mass is 10.1. The molecule has 2 rings (SSSR count). The first kappa shape index (κ1) is 14.8. The summed E-state index contributed by atoms with van der Waals surface area (Å²) < 4.78 is 6.56. The van der Waals surface area contributed by atoms with Gasteiger partial charge in [0.2, 0.25) is 0 Å². The van der Waals surface area contributed by atoms with E-state index >= 15 is 0 Å². The third-order valence-electron chi connectivity index (χ3n) is 3.22. The molecule has 0 spiro atoms. The molecule has 0 unspecified atom stereocenters. The molecule has 1 aromatic carbocycles. The van der Waals surface area contributed by atoms with Crippen molar-refractivity contribution in [3.05, 3.63) is 47.7 Å². The van der Waals surface area contributed by atoms with Gasteiger partial charge in [-0.15, -0.1) is 0 Å². The van der Waals surface area contributed by atoms with Crippen molar-refractivity contribution < 1.29 is 19.4 Å². The summed E-state index contributed by atoms with van der Waals surface area (Å²) in [6.45, 7) is 3.38. The van der Waals surface area contributed by atoms with E-state index in [2.05, 4.69) is 0 Å². The number of esters is 1. The summed E-state index contributed by atoms with van der Waals surface area (Å²) in [5.41, 5.74) is 2.41. The number of carboxylic acids is 1. The number of carboxylic acid groups (broad SMARTS) is 1. The third kappa shape index (κ3) is 3.13. The van der Waals surface area contributed by atoms with Crippen LogP contribution in [0.4, 0.5) is 0 Å². The van der Waals surface area contributed by atoms with Gasteiger partial charge in [0.05, 0.1) is 24.7 Å². The first-order chi connectivity index (χ1) is 10.0. The average molecular weight is 286 g/mol. The molecule has 0 bridgehead atoms. The minimum absolute atomic E-state index is 0.268. The van der Waals surface area contributed by atoms with E-state index in [1.807, 2.05) is 30.3 Å². The number of ether oxygens (including phenoxy) is 1. The molecule has 0 aliphatic heterocycles. The fraction of sp³-hybridized carbons (Fsp3) is 0.250. The van der Waals surface area contributed by atoms with Crippen LogP contribution in [0.2, 0.25) is 0 Å². The van der Waals surface area contributed by atoms with Crippen molar-refractivity contribution in [1.29, 1.82) is 0 Å². The van der Waals surface area contributed by atoms with E-state index in [1.54, 1.807) is 24.5 Å². The number of hydrogen-bond acceptors (Lipinski definition) is 4. The lowest BCUT2D eigenvalue weighted by molar-refractivity contribution is -0.306. The lowest BCUT2D eigenvalue weighted by Gasteiger charge is -2.12. The van der Waals surface area contributed by atoms with Gasteiger partial charge in [-0.3, -0.25) is 0 Å². The highest BCUT2D eigenvalue weighted by atomic mass is 16.5. The Morgan fingerprint density at radius 2 is 1.90 bits per heavy atom. The largest absolute Gasteiger partial charge is 0.548 e. The molecule has 0 saturated carbocycles. The number of rotatable bonds is 5. The molecule has 5 nitrogen and oxygen atoms in total. The third-order valence-corrected chi connectivity index (χ3v) is 3.22. The summed E-state index contributed by atoms with van der Waals surface area (Å²) in [6, 6.07) is 10.9. The van der Waals surface area contributed by atoms with Gasteiger partial charge in [-0.1, -0.05) is 30.3 Å². The van der Waals surface area contributed by atoms with Crippen LogP contribution in [-0.2, 0) is 16.1 Å². The zero-order chi connectivity index (χ0) is 15.4. The van der Waals surface area contributed by atoms with Crippen molar-refractivity contribution in [2.75, 3.05) is 6.61 Å². The topological polar surface area (TPSA) is 71.4 Å². The number of aliphatic carboxylic acids is 1. The number of carbonyl (C=O) groups is 2. The van der Waals surface area contributed by atoms with Crippen molar-refractivity contribution >= 4 is 11.9 Å². The Labute approximate surface area is 122 Å². The van der Waals surface area contributed by atoms with Crippen LogP contribution in [0.3, 0.4) is 0 Å². The van der Waals surface area contributed by atoms with Crippen LogP contribution in [0.15, 0.2) is 36.4 Å². The van der Waals surface area contributed by atoms with Gasteiger partial charge in [-0.2, -0.15) is 0 Å². The van der Waals surface area contributed by atoms with Gasteiger partial charge in [-0.25, -0.2) is 4.79 Å². The Hall–Kier alpha value is -2.56. The van der Waals surface area contributed by atoms with E-state index < -0.39 is 11.9 Å². The summed E-state index contributed by atoms with van der Waals surface area (Å²) in [5, 5.41) is 11.0. The van der Waals surface area contributed by atoms with Gasteiger partial charge in [0, 0.05) is 11.4 Å². The molecule has 0 amide bonds. The zero-order valence-electron chi connectivity index (χ0n) is 12.0. The second-order valence-corrected chi connectivity index (χ2v) is 4.57. The van der Waals surface area contributed by atoms with Crippen LogP contribution in [0, 0.1) is 6.92 Å². The van der Waals surface area contributed by atoms with Crippen LogP contribution in [0.5, 0.6) is 0 Å². The number of benzene rings is 1. The number of nitrogens with zero attached hydrogens (tertiary/aromatic N) is 1. The minimum atomic E-state index is -1.21. The Morgan fingerprint density at radius 1 is 1.24 bits per heavy atom. The Morgan fingerprint density at radius 3 is 2.48 bits per heavy atom. The van der Waals surface area contributed by atoms with Gasteiger partial charge < -0.3 is 19.2 Å². The predicted molar refractivity (Wildman–Crippen MR) is 75.6 cm³/mol. The summed E-state index contributed by atoms with van der Waals surface area (Å²) in [4.78, 5) is 22.9.